The number of hydrogen-bond donors (Lipinski definition) is 1. The summed E-state index contributed by atoms with van der Waals surface area (Å²) in [5.74, 6) is 0.460. The molecule has 1 saturated heterocycles. The highest BCUT2D eigenvalue weighted by molar-refractivity contribution is 7.99. The molecule has 0 bridgehead atoms. The Labute approximate surface area is 190 Å². The number of amides is 1. The normalized spacial score (nSPS) is 24.8. The molecule has 4 rings (SSSR count). The van der Waals surface area contributed by atoms with E-state index in [0.29, 0.717) is 29.4 Å². The summed E-state index contributed by atoms with van der Waals surface area (Å²) in [6, 6.07) is 0. The van der Waals surface area contributed by atoms with E-state index in [9.17, 15) is 18.0 Å². The number of fused-ring (bicyclic) bond motifs is 3. The highest BCUT2D eigenvalue weighted by Gasteiger charge is 2.39. The highest BCUT2D eigenvalue weighted by Crippen LogP contribution is 2.36. The number of allylic oxidation sites excluding steroid dienone is 1. The largest absolute Gasteiger partial charge is 0.349 e. The van der Waals surface area contributed by atoms with Gasteiger partial charge < -0.3 is 5.32 Å². The van der Waals surface area contributed by atoms with Crippen LogP contribution in [0.2, 0.25) is 0 Å². The van der Waals surface area contributed by atoms with Gasteiger partial charge in [-0.3, -0.25) is 14.2 Å². The molecule has 10 heteroatoms. The zero-order chi connectivity index (χ0) is 22.4. The fourth-order valence-electron chi connectivity index (χ4n) is 4.42. The van der Waals surface area contributed by atoms with E-state index in [1.807, 2.05) is 0 Å². The lowest BCUT2D eigenvalue weighted by Gasteiger charge is -2.23. The molecule has 1 aliphatic heterocycles. The van der Waals surface area contributed by atoms with Crippen molar-refractivity contribution in [3.63, 3.8) is 0 Å². The van der Waals surface area contributed by atoms with E-state index in [1.54, 1.807) is 28.9 Å². The summed E-state index contributed by atoms with van der Waals surface area (Å²) in [6.07, 6.45) is 5.02. The van der Waals surface area contributed by atoms with Gasteiger partial charge in [-0.1, -0.05) is 24.8 Å². The highest BCUT2D eigenvalue weighted by atomic mass is 32.2. The molecule has 2 aliphatic rings. The summed E-state index contributed by atoms with van der Waals surface area (Å²) in [4.78, 5) is 32.6. The quantitative estimate of drug-likeness (QED) is 0.387. The van der Waals surface area contributed by atoms with Crippen molar-refractivity contribution < 1.29 is 13.2 Å². The molecule has 0 spiro atoms. The number of aromatic nitrogens is 2. The van der Waals surface area contributed by atoms with Crippen LogP contribution in [0.5, 0.6) is 0 Å². The van der Waals surface area contributed by atoms with Gasteiger partial charge in [0.1, 0.15) is 4.83 Å². The van der Waals surface area contributed by atoms with Crippen LogP contribution in [0.1, 0.15) is 37.1 Å². The Kier molecular flexibility index (Phi) is 6.08. The Morgan fingerprint density at radius 1 is 1.48 bits per heavy atom. The van der Waals surface area contributed by atoms with Crippen molar-refractivity contribution in [1.29, 1.82) is 0 Å². The minimum Gasteiger partial charge on any atom is -0.349 e. The zero-order valence-electron chi connectivity index (χ0n) is 17.8. The predicted octanol–water partition coefficient (Wildman–Crippen LogP) is 2.55. The molecule has 3 heterocycles. The molecule has 0 aromatic carbocycles. The first-order chi connectivity index (χ1) is 14.6. The summed E-state index contributed by atoms with van der Waals surface area (Å²) in [7, 11) is -3.11. The average Bonchev–Trinajstić information content (AvgIpc) is 3.17. The molecule has 7 nitrogen and oxygen atoms in total. The van der Waals surface area contributed by atoms with E-state index in [-0.39, 0.29) is 28.7 Å². The van der Waals surface area contributed by atoms with Gasteiger partial charge in [0.05, 0.1) is 28.2 Å². The van der Waals surface area contributed by atoms with Gasteiger partial charge in [0, 0.05) is 11.4 Å². The number of rotatable bonds is 6. The van der Waals surface area contributed by atoms with E-state index in [0.717, 1.165) is 29.7 Å². The molecule has 1 N–H and O–H groups in total. The van der Waals surface area contributed by atoms with Crippen molar-refractivity contribution in [3.8, 4) is 0 Å². The van der Waals surface area contributed by atoms with Gasteiger partial charge in [-0.05, 0) is 44.1 Å². The summed E-state index contributed by atoms with van der Waals surface area (Å²) in [5, 5.41) is 4.06. The lowest BCUT2D eigenvalue weighted by molar-refractivity contribution is -0.120. The Balaban J connectivity index is 1.58. The van der Waals surface area contributed by atoms with Gasteiger partial charge in [0.15, 0.2) is 15.0 Å². The van der Waals surface area contributed by atoms with Crippen molar-refractivity contribution in [2.24, 2.45) is 5.92 Å². The molecule has 2 unspecified atom stereocenters. The molecule has 31 heavy (non-hydrogen) atoms. The van der Waals surface area contributed by atoms with Crippen LogP contribution in [0.15, 0.2) is 22.6 Å². The second-order valence-electron chi connectivity index (χ2n) is 8.87. The smallest absolute Gasteiger partial charge is 0.263 e. The number of carbonyl (C=O) groups is 1. The lowest BCUT2D eigenvalue weighted by Crippen LogP contribution is -2.47. The number of hydrogen-bond acceptors (Lipinski definition) is 7. The third-order valence-corrected chi connectivity index (χ3v) is 10.00. The summed E-state index contributed by atoms with van der Waals surface area (Å²) >= 11 is 2.79. The molecule has 0 saturated carbocycles. The minimum atomic E-state index is -3.11. The number of sulfone groups is 1. The van der Waals surface area contributed by atoms with Crippen molar-refractivity contribution in [2.75, 3.05) is 17.3 Å². The molecular formula is C21H27N3O4S3. The van der Waals surface area contributed by atoms with Crippen LogP contribution in [-0.4, -0.2) is 46.7 Å². The van der Waals surface area contributed by atoms with E-state index in [4.69, 9.17) is 4.98 Å². The number of carbonyl (C=O) groups excluding carboxylic acids is 1. The van der Waals surface area contributed by atoms with E-state index in [1.165, 1.54) is 16.6 Å². The Bertz CT molecular complexity index is 1210. The Morgan fingerprint density at radius 2 is 2.26 bits per heavy atom. The maximum Gasteiger partial charge on any atom is 0.263 e. The first kappa shape index (κ1) is 22.5. The van der Waals surface area contributed by atoms with Crippen LogP contribution >= 0.6 is 23.1 Å². The Hall–Kier alpha value is -1.65. The summed E-state index contributed by atoms with van der Waals surface area (Å²) in [5.41, 5.74) is 0.324. The van der Waals surface area contributed by atoms with Crippen LogP contribution in [0.3, 0.4) is 0 Å². The SMILES string of the molecule is C=CCn1c(SCC(=O)NC2(C)CCS(=O)(=O)C2)nc2sc3c(c2c1=O)CCC(C)C3. The van der Waals surface area contributed by atoms with Crippen LogP contribution in [0, 0.1) is 5.92 Å². The second kappa shape index (κ2) is 8.37. The van der Waals surface area contributed by atoms with E-state index in [2.05, 4.69) is 18.8 Å². The van der Waals surface area contributed by atoms with Crippen LogP contribution in [0.25, 0.3) is 10.2 Å². The van der Waals surface area contributed by atoms with Crippen molar-refractivity contribution in [1.82, 2.24) is 14.9 Å². The molecule has 0 radical (unpaired) electrons. The molecule has 2 atom stereocenters. The van der Waals surface area contributed by atoms with Crippen molar-refractivity contribution >= 4 is 49.1 Å². The third-order valence-electron chi connectivity index (χ3n) is 5.97. The molecule has 168 valence electrons. The van der Waals surface area contributed by atoms with Gasteiger partial charge in [-0.25, -0.2) is 13.4 Å². The number of nitrogens with one attached hydrogen (secondary N) is 1. The topological polar surface area (TPSA) is 98.1 Å². The maximum atomic E-state index is 13.3. The second-order valence-corrected chi connectivity index (χ2v) is 13.1. The average molecular weight is 482 g/mol. The van der Waals surface area contributed by atoms with Gasteiger partial charge in [0.25, 0.3) is 5.56 Å². The van der Waals surface area contributed by atoms with Crippen LogP contribution in [0.4, 0.5) is 0 Å². The van der Waals surface area contributed by atoms with Crippen LogP contribution in [-0.2, 0) is 34.0 Å². The molecule has 2 aromatic heterocycles. The van der Waals surface area contributed by atoms with Gasteiger partial charge >= 0.3 is 0 Å². The van der Waals surface area contributed by atoms with E-state index < -0.39 is 15.4 Å². The van der Waals surface area contributed by atoms with Gasteiger partial charge in [0.2, 0.25) is 5.91 Å². The standard InChI is InChI=1S/C21H27N3O4S3/c1-4-8-24-19(26)17-14-6-5-13(2)10-15(14)30-18(17)22-20(24)29-11-16(25)23-21(3)7-9-31(27,28)12-21/h4,13H,1,5-12H2,2-3H3,(H,23,25). The van der Waals surface area contributed by atoms with Crippen molar-refractivity contribution in [2.45, 2.75) is 56.8 Å². The number of thiophene rings is 1. The maximum absolute atomic E-state index is 13.3. The fraction of sp³-hybridized carbons (Fsp3) is 0.571. The van der Waals surface area contributed by atoms with Crippen molar-refractivity contribution in [3.05, 3.63) is 33.4 Å². The fourth-order valence-corrected chi connectivity index (χ4v) is 8.74. The van der Waals surface area contributed by atoms with Gasteiger partial charge in [-0.15, -0.1) is 17.9 Å². The minimum absolute atomic E-state index is 0.0407. The molecule has 1 fully saturated rings. The number of thioether (sulfide) groups is 1. The van der Waals surface area contributed by atoms with E-state index >= 15 is 0 Å². The monoisotopic (exact) mass is 481 g/mol. The third kappa shape index (κ3) is 4.61. The lowest BCUT2D eigenvalue weighted by atomic mass is 9.89. The Morgan fingerprint density at radius 3 is 2.94 bits per heavy atom. The first-order valence-electron chi connectivity index (χ1n) is 10.4. The summed E-state index contributed by atoms with van der Waals surface area (Å²) < 4.78 is 25.1. The zero-order valence-corrected chi connectivity index (χ0v) is 20.2. The summed E-state index contributed by atoms with van der Waals surface area (Å²) in [6.45, 7) is 8.07. The first-order valence-corrected chi connectivity index (χ1v) is 14.0. The van der Waals surface area contributed by atoms with Crippen LogP contribution < -0.4 is 10.9 Å². The molecule has 1 amide bonds. The van der Waals surface area contributed by atoms with Gasteiger partial charge in [-0.2, -0.15) is 0 Å². The molecule has 2 aromatic rings. The number of nitrogens with zero attached hydrogens (tertiary/aromatic N) is 2. The number of aryl methyl sites for hydroxylation is 1. The predicted molar refractivity (Wildman–Crippen MR) is 126 cm³/mol. The molecule has 1 aliphatic carbocycles. The molecular weight excluding hydrogens is 454 g/mol.